The van der Waals surface area contributed by atoms with E-state index in [2.05, 4.69) is 10.6 Å². The number of methoxy groups -OCH3 is 1. The molecule has 2 rings (SSSR count). The molecule has 0 aromatic heterocycles. The number of hydrogen-bond acceptors (Lipinski definition) is 3. The Labute approximate surface area is 129 Å². The zero-order valence-corrected chi connectivity index (χ0v) is 12.5. The highest BCUT2D eigenvalue weighted by molar-refractivity contribution is 6.32. The Balaban J connectivity index is 1.80. The lowest BCUT2D eigenvalue weighted by molar-refractivity contribution is -0.115. The van der Waals surface area contributed by atoms with Gasteiger partial charge in [-0.15, -0.1) is 0 Å². The number of ether oxygens (including phenoxy) is 1. The first kappa shape index (κ1) is 15.4. The molecule has 0 saturated carbocycles. The van der Waals surface area contributed by atoms with Gasteiger partial charge in [0.2, 0.25) is 5.91 Å². The van der Waals surface area contributed by atoms with Crippen LogP contribution in [0.2, 0.25) is 5.02 Å². The lowest BCUT2D eigenvalue weighted by Gasteiger charge is -2.09. The third-order valence-corrected chi connectivity index (χ3v) is 3.19. The molecule has 5 heteroatoms. The van der Waals surface area contributed by atoms with Crippen molar-refractivity contribution in [1.29, 1.82) is 0 Å². The minimum absolute atomic E-state index is 0.118. The molecular formula is C16H17ClN2O2. The first-order valence-electron chi connectivity index (χ1n) is 6.57. The Morgan fingerprint density at radius 3 is 2.62 bits per heavy atom. The predicted octanol–water partition coefficient (Wildman–Crippen LogP) is 3.08. The van der Waals surface area contributed by atoms with Gasteiger partial charge >= 0.3 is 0 Å². The SMILES string of the molecule is COc1ccc(NC(=O)CNCc2ccccc2)cc1Cl. The Hall–Kier alpha value is -2.04. The van der Waals surface area contributed by atoms with Gasteiger partial charge < -0.3 is 15.4 Å². The standard InChI is InChI=1S/C16H17ClN2O2/c1-21-15-8-7-13(9-14(15)17)19-16(20)11-18-10-12-5-3-2-4-6-12/h2-9,18H,10-11H2,1H3,(H,19,20). The highest BCUT2D eigenvalue weighted by atomic mass is 35.5. The van der Waals surface area contributed by atoms with Crippen molar-refractivity contribution in [1.82, 2.24) is 5.32 Å². The van der Waals surface area contributed by atoms with Gasteiger partial charge in [0.05, 0.1) is 18.7 Å². The minimum atomic E-state index is -0.118. The molecule has 2 aromatic carbocycles. The van der Waals surface area contributed by atoms with Gasteiger partial charge in [-0.25, -0.2) is 0 Å². The molecule has 21 heavy (non-hydrogen) atoms. The van der Waals surface area contributed by atoms with E-state index in [1.54, 1.807) is 25.3 Å². The molecular weight excluding hydrogens is 288 g/mol. The average Bonchev–Trinajstić information content (AvgIpc) is 2.48. The lowest BCUT2D eigenvalue weighted by atomic mass is 10.2. The van der Waals surface area contributed by atoms with E-state index in [0.717, 1.165) is 5.56 Å². The number of nitrogens with one attached hydrogen (secondary N) is 2. The van der Waals surface area contributed by atoms with Crippen molar-refractivity contribution in [2.24, 2.45) is 0 Å². The second-order valence-corrected chi connectivity index (χ2v) is 4.89. The van der Waals surface area contributed by atoms with Gasteiger partial charge in [-0.1, -0.05) is 41.9 Å². The van der Waals surface area contributed by atoms with Gasteiger partial charge in [-0.05, 0) is 23.8 Å². The van der Waals surface area contributed by atoms with Crippen molar-refractivity contribution in [2.45, 2.75) is 6.54 Å². The average molecular weight is 305 g/mol. The number of carbonyl (C=O) groups excluding carboxylic acids is 1. The molecule has 0 atom stereocenters. The summed E-state index contributed by atoms with van der Waals surface area (Å²) in [4.78, 5) is 11.8. The number of carbonyl (C=O) groups is 1. The maximum Gasteiger partial charge on any atom is 0.238 e. The molecule has 0 aliphatic rings. The minimum Gasteiger partial charge on any atom is -0.495 e. The molecule has 4 nitrogen and oxygen atoms in total. The number of benzene rings is 2. The molecule has 0 heterocycles. The number of amides is 1. The van der Waals surface area contributed by atoms with Crippen LogP contribution in [0.3, 0.4) is 0 Å². The fourth-order valence-corrected chi connectivity index (χ4v) is 2.12. The van der Waals surface area contributed by atoms with E-state index < -0.39 is 0 Å². The summed E-state index contributed by atoms with van der Waals surface area (Å²) >= 11 is 6.01. The van der Waals surface area contributed by atoms with Crippen LogP contribution in [0.25, 0.3) is 0 Å². The number of halogens is 1. The topological polar surface area (TPSA) is 50.4 Å². The third-order valence-electron chi connectivity index (χ3n) is 2.89. The van der Waals surface area contributed by atoms with Crippen molar-refractivity contribution in [3.8, 4) is 5.75 Å². The molecule has 1 amide bonds. The quantitative estimate of drug-likeness (QED) is 0.862. The summed E-state index contributed by atoms with van der Waals surface area (Å²) in [6, 6.07) is 15.0. The predicted molar refractivity (Wildman–Crippen MR) is 84.8 cm³/mol. The largest absolute Gasteiger partial charge is 0.495 e. The van der Waals surface area contributed by atoms with Crippen LogP contribution in [0.5, 0.6) is 5.75 Å². The molecule has 0 bridgehead atoms. The molecule has 0 spiro atoms. The molecule has 0 aliphatic carbocycles. The Morgan fingerprint density at radius 1 is 1.19 bits per heavy atom. The van der Waals surface area contributed by atoms with Crippen LogP contribution in [0, 0.1) is 0 Å². The zero-order valence-electron chi connectivity index (χ0n) is 11.7. The molecule has 0 saturated heterocycles. The van der Waals surface area contributed by atoms with E-state index in [4.69, 9.17) is 16.3 Å². The van der Waals surface area contributed by atoms with Gasteiger partial charge in [-0.3, -0.25) is 4.79 Å². The number of rotatable bonds is 6. The summed E-state index contributed by atoms with van der Waals surface area (Å²) in [5.41, 5.74) is 1.78. The molecule has 0 unspecified atom stereocenters. The van der Waals surface area contributed by atoms with Crippen LogP contribution in [0.4, 0.5) is 5.69 Å². The van der Waals surface area contributed by atoms with Crippen molar-refractivity contribution < 1.29 is 9.53 Å². The highest BCUT2D eigenvalue weighted by Crippen LogP contribution is 2.27. The summed E-state index contributed by atoms with van der Waals surface area (Å²) in [5, 5.41) is 6.33. The second kappa shape index (κ2) is 7.67. The first-order chi connectivity index (χ1) is 10.2. The van der Waals surface area contributed by atoms with E-state index >= 15 is 0 Å². The smallest absolute Gasteiger partial charge is 0.238 e. The number of hydrogen-bond donors (Lipinski definition) is 2. The van der Waals surface area contributed by atoms with Crippen LogP contribution < -0.4 is 15.4 Å². The summed E-state index contributed by atoms with van der Waals surface area (Å²) in [7, 11) is 1.55. The van der Waals surface area contributed by atoms with Crippen molar-refractivity contribution in [3.05, 3.63) is 59.1 Å². The van der Waals surface area contributed by atoms with E-state index in [1.807, 2.05) is 30.3 Å². The monoisotopic (exact) mass is 304 g/mol. The summed E-state index contributed by atoms with van der Waals surface area (Å²) < 4.78 is 5.06. The van der Waals surface area contributed by atoms with Crippen LogP contribution in [-0.4, -0.2) is 19.6 Å². The lowest BCUT2D eigenvalue weighted by Crippen LogP contribution is -2.27. The molecule has 2 N–H and O–H groups in total. The van der Waals surface area contributed by atoms with Crippen molar-refractivity contribution >= 4 is 23.2 Å². The zero-order chi connectivity index (χ0) is 15.1. The fraction of sp³-hybridized carbons (Fsp3) is 0.188. The normalized spacial score (nSPS) is 10.2. The van der Waals surface area contributed by atoms with Crippen LogP contribution >= 0.6 is 11.6 Å². The van der Waals surface area contributed by atoms with Gasteiger partial charge in [0, 0.05) is 12.2 Å². The van der Waals surface area contributed by atoms with Crippen LogP contribution in [0.1, 0.15) is 5.56 Å². The van der Waals surface area contributed by atoms with Gasteiger partial charge in [0.15, 0.2) is 0 Å². The van der Waals surface area contributed by atoms with Gasteiger partial charge in [0.25, 0.3) is 0 Å². The van der Waals surface area contributed by atoms with E-state index in [0.29, 0.717) is 23.0 Å². The van der Waals surface area contributed by atoms with E-state index in [9.17, 15) is 4.79 Å². The highest BCUT2D eigenvalue weighted by Gasteiger charge is 2.05. The van der Waals surface area contributed by atoms with E-state index in [1.165, 1.54) is 0 Å². The van der Waals surface area contributed by atoms with E-state index in [-0.39, 0.29) is 12.5 Å². The Kier molecular flexibility index (Phi) is 5.60. The van der Waals surface area contributed by atoms with Crippen LogP contribution in [0.15, 0.2) is 48.5 Å². The first-order valence-corrected chi connectivity index (χ1v) is 6.95. The second-order valence-electron chi connectivity index (χ2n) is 4.49. The Morgan fingerprint density at radius 2 is 1.95 bits per heavy atom. The summed E-state index contributed by atoms with van der Waals surface area (Å²) in [5.74, 6) is 0.462. The fourth-order valence-electron chi connectivity index (χ4n) is 1.87. The maximum absolute atomic E-state index is 11.8. The van der Waals surface area contributed by atoms with Crippen molar-refractivity contribution in [2.75, 3.05) is 19.0 Å². The van der Waals surface area contributed by atoms with Gasteiger partial charge in [0.1, 0.15) is 5.75 Å². The molecule has 2 aromatic rings. The number of anilines is 1. The van der Waals surface area contributed by atoms with Gasteiger partial charge in [-0.2, -0.15) is 0 Å². The summed E-state index contributed by atoms with van der Waals surface area (Å²) in [6.45, 7) is 0.885. The molecule has 0 fully saturated rings. The van der Waals surface area contributed by atoms with Crippen LogP contribution in [-0.2, 0) is 11.3 Å². The van der Waals surface area contributed by atoms with Crippen molar-refractivity contribution in [3.63, 3.8) is 0 Å². The summed E-state index contributed by atoms with van der Waals surface area (Å²) in [6.07, 6.45) is 0. The molecule has 110 valence electrons. The molecule has 0 radical (unpaired) electrons. The Bertz CT molecular complexity index is 602. The maximum atomic E-state index is 11.8. The third kappa shape index (κ3) is 4.77. The molecule has 0 aliphatic heterocycles.